The summed E-state index contributed by atoms with van der Waals surface area (Å²) in [6, 6.07) is 8.59. The van der Waals surface area contributed by atoms with Gasteiger partial charge < -0.3 is 4.90 Å². The summed E-state index contributed by atoms with van der Waals surface area (Å²) in [5.41, 5.74) is 0.921. The van der Waals surface area contributed by atoms with Gasteiger partial charge in [0.25, 0.3) is 5.69 Å². The minimum atomic E-state index is -4.10. The summed E-state index contributed by atoms with van der Waals surface area (Å²) in [6.45, 7) is 1.95. The fraction of sp³-hybridized carbons (Fsp3) is 0.294. The van der Waals surface area contributed by atoms with Gasteiger partial charge in [-0.15, -0.1) is 0 Å². The monoisotopic (exact) mass is 398 g/mol. The predicted octanol–water partition coefficient (Wildman–Crippen LogP) is 0.962. The molecule has 1 aliphatic rings. The first kappa shape index (κ1) is 19.3. The van der Waals surface area contributed by atoms with Crippen LogP contribution in [0.5, 0.6) is 0 Å². The van der Waals surface area contributed by atoms with E-state index in [2.05, 4.69) is 0 Å². The number of nitro benzene ring substituents is 1. The smallest absolute Gasteiger partial charge is 0.269 e. The van der Waals surface area contributed by atoms with Crippen LogP contribution in [0.3, 0.4) is 0 Å². The molecule has 0 atom stereocenters. The van der Waals surface area contributed by atoms with Crippen molar-refractivity contribution in [2.24, 2.45) is 0 Å². The summed E-state index contributed by atoms with van der Waals surface area (Å²) < 4.78 is 53.5. The van der Waals surface area contributed by atoms with Crippen LogP contribution in [0.25, 0.3) is 0 Å². The fourth-order valence-electron chi connectivity index (χ4n) is 3.06. The SMILES string of the molecule is O=[N+]([O-])c1ccc(C[NH+]2CCN(S(=O)(=O)c3cc(F)ccc3F)CC2)cc1. The standard InChI is InChI=1S/C17H17F2N3O4S/c18-14-3-6-16(19)17(11-14)27(25,26)21-9-7-20(8-10-21)12-13-1-4-15(5-2-13)22(23)24/h1-6,11H,7-10,12H2/p+1. The molecule has 0 saturated carbocycles. The molecule has 0 bridgehead atoms. The summed E-state index contributed by atoms with van der Waals surface area (Å²) in [6.07, 6.45) is 0. The molecule has 1 N–H and O–H groups in total. The van der Waals surface area contributed by atoms with E-state index in [9.17, 15) is 27.3 Å². The highest BCUT2D eigenvalue weighted by Gasteiger charge is 2.32. The molecule has 0 aromatic heterocycles. The Hall–Kier alpha value is -2.43. The summed E-state index contributed by atoms with van der Waals surface area (Å²) >= 11 is 0. The second-order valence-corrected chi connectivity index (χ2v) is 8.24. The third-order valence-electron chi connectivity index (χ3n) is 4.54. The van der Waals surface area contributed by atoms with Crippen molar-refractivity contribution >= 4 is 15.7 Å². The topological polar surface area (TPSA) is 85.0 Å². The molecule has 0 aliphatic carbocycles. The first-order valence-corrected chi connectivity index (χ1v) is 9.73. The zero-order chi connectivity index (χ0) is 19.6. The minimum absolute atomic E-state index is 0.0155. The van der Waals surface area contributed by atoms with Crippen molar-refractivity contribution in [3.63, 3.8) is 0 Å². The molecule has 7 nitrogen and oxygen atoms in total. The average molecular weight is 398 g/mol. The van der Waals surface area contributed by atoms with Gasteiger partial charge in [-0.1, -0.05) is 0 Å². The number of non-ortho nitro benzene ring substituents is 1. The number of hydrogen-bond donors (Lipinski definition) is 1. The van der Waals surface area contributed by atoms with Gasteiger partial charge in [0.05, 0.1) is 31.1 Å². The van der Waals surface area contributed by atoms with Gasteiger partial charge in [0.15, 0.2) is 0 Å². The van der Waals surface area contributed by atoms with Gasteiger partial charge in [0, 0.05) is 17.7 Å². The van der Waals surface area contributed by atoms with Crippen LogP contribution in [0, 0.1) is 21.7 Å². The maximum Gasteiger partial charge on any atom is 0.269 e. The Labute approximate surface area is 155 Å². The molecule has 0 spiro atoms. The van der Waals surface area contributed by atoms with Crippen molar-refractivity contribution < 1.29 is 27.0 Å². The predicted molar refractivity (Wildman–Crippen MR) is 92.6 cm³/mol. The van der Waals surface area contributed by atoms with E-state index in [1.165, 1.54) is 12.1 Å². The van der Waals surface area contributed by atoms with Gasteiger partial charge in [0.1, 0.15) is 23.1 Å². The van der Waals surface area contributed by atoms with Gasteiger partial charge in [-0.05, 0) is 30.3 Å². The van der Waals surface area contributed by atoms with Crippen LogP contribution in [0.4, 0.5) is 14.5 Å². The van der Waals surface area contributed by atoms with E-state index in [4.69, 9.17) is 0 Å². The molecule has 1 heterocycles. The Bertz CT molecular complexity index is 943. The molecular weight excluding hydrogens is 380 g/mol. The number of nitro groups is 1. The second kappa shape index (κ2) is 7.67. The largest absolute Gasteiger partial charge is 0.329 e. The number of quaternary nitrogens is 1. The molecule has 0 unspecified atom stereocenters. The Morgan fingerprint density at radius 1 is 1.07 bits per heavy atom. The zero-order valence-electron chi connectivity index (χ0n) is 14.3. The van der Waals surface area contributed by atoms with Crippen molar-refractivity contribution in [1.82, 2.24) is 4.31 Å². The molecule has 0 amide bonds. The van der Waals surface area contributed by atoms with E-state index in [0.717, 1.165) is 26.9 Å². The molecule has 0 radical (unpaired) electrons. The third kappa shape index (κ3) is 4.29. The van der Waals surface area contributed by atoms with E-state index in [0.29, 0.717) is 25.7 Å². The molecule has 10 heteroatoms. The van der Waals surface area contributed by atoms with Crippen LogP contribution in [-0.2, 0) is 16.6 Å². The molecule has 2 aromatic carbocycles. The van der Waals surface area contributed by atoms with Crippen molar-refractivity contribution in [2.45, 2.75) is 11.4 Å². The highest BCUT2D eigenvalue weighted by Crippen LogP contribution is 2.20. The normalized spacial score (nSPS) is 16.4. The summed E-state index contributed by atoms with van der Waals surface area (Å²) in [4.78, 5) is 10.7. The number of nitrogens with one attached hydrogen (secondary N) is 1. The van der Waals surface area contributed by atoms with Crippen LogP contribution in [0.1, 0.15) is 5.56 Å². The molecule has 1 fully saturated rings. The number of piperazine rings is 1. The van der Waals surface area contributed by atoms with Crippen molar-refractivity contribution in [2.75, 3.05) is 26.2 Å². The fourth-order valence-corrected chi connectivity index (χ4v) is 4.58. The van der Waals surface area contributed by atoms with E-state index < -0.39 is 31.5 Å². The van der Waals surface area contributed by atoms with Crippen LogP contribution in [-0.4, -0.2) is 43.8 Å². The van der Waals surface area contributed by atoms with Crippen LogP contribution >= 0.6 is 0 Å². The van der Waals surface area contributed by atoms with Crippen molar-refractivity contribution in [3.8, 4) is 0 Å². The Morgan fingerprint density at radius 2 is 1.70 bits per heavy atom. The molecule has 1 saturated heterocycles. The molecule has 1 aliphatic heterocycles. The maximum atomic E-state index is 13.8. The summed E-state index contributed by atoms with van der Waals surface area (Å²) in [7, 11) is -4.10. The average Bonchev–Trinajstić information content (AvgIpc) is 2.64. The Balaban J connectivity index is 1.64. The number of halogens is 2. The Kier molecular flexibility index (Phi) is 5.49. The maximum absolute atomic E-state index is 13.8. The number of hydrogen-bond acceptors (Lipinski definition) is 4. The van der Waals surface area contributed by atoms with Crippen LogP contribution in [0.15, 0.2) is 47.4 Å². The van der Waals surface area contributed by atoms with Gasteiger partial charge in [-0.3, -0.25) is 10.1 Å². The summed E-state index contributed by atoms with van der Waals surface area (Å²) in [5.74, 6) is -1.78. The molecular formula is C17H18F2N3O4S+. The minimum Gasteiger partial charge on any atom is -0.329 e. The van der Waals surface area contributed by atoms with E-state index in [1.54, 1.807) is 12.1 Å². The number of sulfonamides is 1. The molecule has 27 heavy (non-hydrogen) atoms. The quantitative estimate of drug-likeness (QED) is 0.601. The van der Waals surface area contributed by atoms with E-state index in [1.807, 2.05) is 0 Å². The lowest BCUT2D eigenvalue weighted by molar-refractivity contribution is -0.917. The first-order valence-electron chi connectivity index (χ1n) is 8.29. The van der Waals surface area contributed by atoms with Crippen molar-refractivity contribution in [1.29, 1.82) is 0 Å². The lowest BCUT2D eigenvalue weighted by Gasteiger charge is -2.31. The second-order valence-electron chi connectivity index (χ2n) is 6.33. The van der Waals surface area contributed by atoms with Crippen LogP contribution in [0.2, 0.25) is 0 Å². The van der Waals surface area contributed by atoms with Gasteiger partial charge in [-0.2, -0.15) is 4.31 Å². The van der Waals surface area contributed by atoms with E-state index >= 15 is 0 Å². The number of benzene rings is 2. The summed E-state index contributed by atoms with van der Waals surface area (Å²) in [5, 5.41) is 10.7. The molecule has 2 aromatic rings. The molecule has 144 valence electrons. The third-order valence-corrected chi connectivity index (χ3v) is 6.46. The zero-order valence-corrected chi connectivity index (χ0v) is 15.1. The van der Waals surface area contributed by atoms with Crippen LogP contribution < -0.4 is 4.90 Å². The lowest BCUT2D eigenvalue weighted by Crippen LogP contribution is -3.13. The molecule has 3 rings (SSSR count). The van der Waals surface area contributed by atoms with Crippen molar-refractivity contribution in [3.05, 3.63) is 69.8 Å². The van der Waals surface area contributed by atoms with E-state index in [-0.39, 0.29) is 18.8 Å². The number of rotatable bonds is 5. The highest BCUT2D eigenvalue weighted by molar-refractivity contribution is 7.89. The van der Waals surface area contributed by atoms with Gasteiger partial charge in [-0.25, -0.2) is 17.2 Å². The lowest BCUT2D eigenvalue weighted by atomic mass is 10.2. The first-order chi connectivity index (χ1) is 12.8. The Morgan fingerprint density at radius 3 is 2.30 bits per heavy atom. The van der Waals surface area contributed by atoms with Gasteiger partial charge >= 0.3 is 0 Å². The van der Waals surface area contributed by atoms with Gasteiger partial charge in [0.2, 0.25) is 10.0 Å². The highest BCUT2D eigenvalue weighted by atomic mass is 32.2. The number of nitrogens with zero attached hydrogens (tertiary/aromatic N) is 2.